The second kappa shape index (κ2) is 6.20. The quantitative estimate of drug-likeness (QED) is 0.420. The van der Waals surface area contributed by atoms with E-state index in [1.807, 2.05) is 30.5 Å². The standard InChI is InChI=1S/C21H20FN3/c1-2-3-6-16-11-14-9-10-15(22)12-18(14)21(25(16)23)19-13-24-20-8-5-4-7-17(19)20/h4-5,7-13H,2-3,6,23H2,1H3/p+1. The Labute approximate surface area is 145 Å². The summed E-state index contributed by atoms with van der Waals surface area (Å²) < 4.78 is 15.7. The highest BCUT2D eigenvalue weighted by Gasteiger charge is 2.24. The molecule has 25 heavy (non-hydrogen) atoms. The van der Waals surface area contributed by atoms with E-state index in [1.165, 1.54) is 6.07 Å². The number of fused-ring (bicyclic) bond motifs is 2. The van der Waals surface area contributed by atoms with Gasteiger partial charge in [-0.25, -0.2) is 10.2 Å². The minimum atomic E-state index is -0.255. The maximum atomic E-state index is 13.9. The summed E-state index contributed by atoms with van der Waals surface area (Å²) in [6.07, 6.45) is 5.02. The smallest absolute Gasteiger partial charge is 0.252 e. The number of pyridine rings is 1. The van der Waals surface area contributed by atoms with Crippen LogP contribution < -0.4 is 10.5 Å². The summed E-state index contributed by atoms with van der Waals surface area (Å²) in [7, 11) is 0. The Morgan fingerprint density at radius 2 is 1.92 bits per heavy atom. The van der Waals surface area contributed by atoms with Crippen LogP contribution >= 0.6 is 0 Å². The van der Waals surface area contributed by atoms with Gasteiger partial charge in [-0.3, -0.25) is 0 Å². The number of H-pyrrole nitrogens is 1. The molecule has 0 saturated heterocycles. The molecule has 0 atom stereocenters. The summed E-state index contributed by atoms with van der Waals surface area (Å²) in [5.41, 5.74) is 3.94. The van der Waals surface area contributed by atoms with E-state index in [1.54, 1.807) is 10.7 Å². The van der Waals surface area contributed by atoms with Gasteiger partial charge in [0.2, 0.25) is 5.69 Å². The number of hydrogen-bond acceptors (Lipinski definition) is 1. The number of nitrogens with zero attached hydrogens (tertiary/aromatic N) is 1. The second-order valence-corrected chi connectivity index (χ2v) is 6.44. The molecule has 0 saturated carbocycles. The van der Waals surface area contributed by atoms with Gasteiger partial charge in [0, 0.05) is 29.6 Å². The average Bonchev–Trinajstić information content (AvgIpc) is 3.04. The SMILES string of the molecule is CCCCc1cc2ccc(F)cc2c(-c2c[nH]c3ccccc23)[n+]1N. The molecule has 4 aromatic rings. The summed E-state index contributed by atoms with van der Waals surface area (Å²) in [6, 6.07) is 15.1. The molecule has 0 bridgehead atoms. The Bertz CT molecular complexity index is 1070. The maximum Gasteiger partial charge on any atom is 0.252 e. The molecule has 0 aliphatic carbocycles. The Hall–Kier alpha value is -2.88. The number of nitrogen functional groups attached to an aromatic ring is 1. The largest absolute Gasteiger partial charge is 0.360 e. The average molecular weight is 334 g/mol. The molecule has 0 unspecified atom stereocenters. The molecular formula is C21H21FN3+. The topological polar surface area (TPSA) is 45.7 Å². The van der Waals surface area contributed by atoms with Crippen LogP contribution in [0.4, 0.5) is 4.39 Å². The van der Waals surface area contributed by atoms with Crippen LogP contribution in [0.5, 0.6) is 0 Å². The summed E-state index contributed by atoms with van der Waals surface area (Å²) >= 11 is 0. The Balaban J connectivity index is 2.06. The van der Waals surface area contributed by atoms with Crippen molar-refractivity contribution in [3.8, 4) is 11.3 Å². The molecular weight excluding hydrogens is 313 g/mol. The number of halogens is 1. The number of unbranched alkanes of at least 4 members (excludes halogenated alkanes) is 1. The van der Waals surface area contributed by atoms with E-state index in [0.29, 0.717) is 0 Å². The van der Waals surface area contributed by atoms with Crippen molar-refractivity contribution in [2.75, 3.05) is 5.84 Å². The van der Waals surface area contributed by atoms with Crippen molar-refractivity contribution in [3.05, 3.63) is 66.2 Å². The highest BCUT2D eigenvalue weighted by Crippen LogP contribution is 2.32. The predicted molar refractivity (Wildman–Crippen MR) is 100 cm³/mol. The van der Waals surface area contributed by atoms with Crippen molar-refractivity contribution < 1.29 is 9.07 Å². The van der Waals surface area contributed by atoms with E-state index in [-0.39, 0.29) is 5.82 Å². The molecule has 0 spiro atoms. The van der Waals surface area contributed by atoms with Crippen LogP contribution in [0, 0.1) is 5.82 Å². The number of aryl methyl sites for hydroxylation is 1. The molecule has 0 radical (unpaired) electrons. The number of nitrogens with one attached hydrogen (secondary N) is 1. The number of nitrogens with two attached hydrogens (primary N) is 1. The summed E-state index contributed by atoms with van der Waals surface area (Å²) in [6.45, 7) is 2.16. The highest BCUT2D eigenvalue weighted by atomic mass is 19.1. The van der Waals surface area contributed by atoms with Crippen molar-refractivity contribution in [1.29, 1.82) is 0 Å². The van der Waals surface area contributed by atoms with Crippen molar-refractivity contribution in [2.45, 2.75) is 26.2 Å². The van der Waals surface area contributed by atoms with Crippen LogP contribution in [0.2, 0.25) is 0 Å². The fraction of sp³-hybridized carbons (Fsp3) is 0.190. The highest BCUT2D eigenvalue weighted by molar-refractivity contribution is 6.02. The number of hydrogen-bond donors (Lipinski definition) is 2. The van der Waals surface area contributed by atoms with Crippen LogP contribution in [0.15, 0.2) is 54.7 Å². The third-order valence-corrected chi connectivity index (χ3v) is 4.77. The van der Waals surface area contributed by atoms with E-state index < -0.39 is 0 Å². The molecule has 3 N–H and O–H groups in total. The molecule has 3 nitrogen and oxygen atoms in total. The zero-order valence-corrected chi connectivity index (χ0v) is 14.2. The Morgan fingerprint density at radius 1 is 1.08 bits per heavy atom. The van der Waals surface area contributed by atoms with Crippen molar-refractivity contribution >= 4 is 21.7 Å². The lowest BCUT2D eigenvalue weighted by atomic mass is 10.0. The van der Waals surface area contributed by atoms with Crippen LogP contribution in [0.1, 0.15) is 25.5 Å². The molecule has 0 aliphatic heterocycles. The Morgan fingerprint density at radius 3 is 2.76 bits per heavy atom. The molecule has 0 fully saturated rings. The number of para-hydroxylation sites is 1. The molecule has 0 amide bonds. The van der Waals surface area contributed by atoms with Crippen LogP contribution in [-0.2, 0) is 6.42 Å². The van der Waals surface area contributed by atoms with Crippen LogP contribution in [0.3, 0.4) is 0 Å². The Kier molecular flexibility index (Phi) is 3.88. The summed E-state index contributed by atoms with van der Waals surface area (Å²) in [5, 5.41) is 2.92. The van der Waals surface area contributed by atoms with E-state index in [4.69, 9.17) is 5.84 Å². The second-order valence-electron chi connectivity index (χ2n) is 6.44. The lowest BCUT2D eigenvalue weighted by molar-refractivity contribution is -0.634. The van der Waals surface area contributed by atoms with Gasteiger partial charge in [-0.1, -0.05) is 42.3 Å². The van der Waals surface area contributed by atoms with E-state index in [9.17, 15) is 4.39 Å². The third-order valence-electron chi connectivity index (χ3n) is 4.77. The molecule has 0 aliphatic rings. The lowest BCUT2D eigenvalue weighted by Gasteiger charge is -2.08. The van der Waals surface area contributed by atoms with Gasteiger partial charge in [0.25, 0.3) is 5.69 Å². The molecule has 2 aromatic heterocycles. The van der Waals surface area contributed by atoms with Crippen molar-refractivity contribution in [1.82, 2.24) is 4.98 Å². The van der Waals surface area contributed by atoms with Gasteiger partial charge in [0.15, 0.2) is 0 Å². The van der Waals surface area contributed by atoms with Crippen molar-refractivity contribution in [2.24, 2.45) is 0 Å². The van der Waals surface area contributed by atoms with Crippen LogP contribution in [-0.4, -0.2) is 4.98 Å². The monoisotopic (exact) mass is 334 g/mol. The normalized spacial score (nSPS) is 11.4. The number of rotatable bonds is 4. The van der Waals surface area contributed by atoms with Gasteiger partial charge in [0.1, 0.15) is 5.82 Å². The predicted octanol–water partition coefficient (Wildman–Crippen LogP) is 4.47. The van der Waals surface area contributed by atoms with Gasteiger partial charge in [-0.05, 0) is 30.0 Å². The minimum absolute atomic E-state index is 0.255. The fourth-order valence-corrected chi connectivity index (χ4v) is 3.47. The number of aromatic amines is 1. The maximum absolute atomic E-state index is 13.9. The summed E-state index contributed by atoms with van der Waals surface area (Å²) in [5.74, 6) is 6.25. The summed E-state index contributed by atoms with van der Waals surface area (Å²) in [4.78, 5) is 3.29. The van der Waals surface area contributed by atoms with E-state index in [2.05, 4.69) is 24.0 Å². The third kappa shape index (κ3) is 2.64. The van der Waals surface area contributed by atoms with Gasteiger partial charge < -0.3 is 4.98 Å². The minimum Gasteiger partial charge on any atom is -0.360 e. The molecule has 4 heteroatoms. The number of aromatic nitrogens is 2. The van der Waals surface area contributed by atoms with Crippen LogP contribution in [0.25, 0.3) is 32.9 Å². The van der Waals surface area contributed by atoms with E-state index in [0.717, 1.165) is 57.9 Å². The van der Waals surface area contributed by atoms with Gasteiger partial charge >= 0.3 is 0 Å². The van der Waals surface area contributed by atoms with Gasteiger partial charge in [-0.15, -0.1) is 0 Å². The fourth-order valence-electron chi connectivity index (χ4n) is 3.47. The first-order chi connectivity index (χ1) is 12.2. The molecule has 126 valence electrons. The van der Waals surface area contributed by atoms with Gasteiger partial charge in [0.05, 0.1) is 10.9 Å². The van der Waals surface area contributed by atoms with Gasteiger partial charge in [-0.2, -0.15) is 0 Å². The first-order valence-electron chi connectivity index (χ1n) is 8.68. The first kappa shape index (κ1) is 15.6. The molecule has 2 heterocycles. The molecule has 2 aromatic carbocycles. The zero-order chi connectivity index (χ0) is 17.4. The molecule has 4 rings (SSSR count). The number of benzene rings is 2. The first-order valence-corrected chi connectivity index (χ1v) is 8.68. The van der Waals surface area contributed by atoms with Crippen molar-refractivity contribution in [3.63, 3.8) is 0 Å². The zero-order valence-electron chi connectivity index (χ0n) is 14.2. The van der Waals surface area contributed by atoms with E-state index >= 15 is 0 Å². The lowest BCUT2D eigenvalue weighted by Crippen LogP contribution is -2.50.